The summed E-state index contributed by atoms with van der Waals surface area (Å²) in [5.74, 6) is 0.180. The first-order valence-corrected chi connectivity index (χ1v) is 5.24. The second-order valence-electron chi connectivity index (χ2n) is 3.73. The lowest BCUT2D eigenvalue weighted by atomic mass is 10.0. The van der Waals surface area contributed by atoms with Crippen LogP contribution in [-0.4, -0.2) is 18.8 Å². The molecule has 3 N–H and O–H groups in total. The second-order valence-corrected chi connectivity index (χ2v) is 3.73. The maximum absolute atomic E-state index is 11.7. The summed E-state index contributed by atoms with van der Waals surface area (Å²) in [4.78, 5) is 15.5. The molecule has 4 nitrogen and oxygen atoms in total. The van der Waals surface area contributed by atoms with Crippen molar-refractivity contribution in [2.24, 2.45) is 16.6 Å². The van der Waals surface area contributed by atoms with Gasteiger partial charge in [0, 0.05) is 17.2 Å². The number of carbonyl (C=O) groups excluding carboxylic acids is 1. The molecule has 1 aromatic carbocycles. The van der Waals surface area contributed by atoms with Gasteiger partial charge in [0.1, 0.15) is 0 Å². The van der Waals surface area contributed by atoms with Gasteiger partial charge in [-0.2, -0.15) is 0 Å². The van der Waals surface area contributed by atoms with Gasteiger partial charge in [0.15, 0.2) is 5.78 Å². The summed E-state index contributed by atoms with van der Waals surface area (Å²) in [5, 5.41) is 2.96. The molecule has 0 fully saturated rings. The predicted molar refractivity (Wildman–Crippen MR) is 66.8 cm³/mol. The van der Waals surface area contributed by atoms with E-state index < -0.39 is 0 Å². The monoisotopic (exact) mass is 219 g/mol. The zero-order chi connectivity index (χ0) is 12.0. The van der Waals surface area contributed by atoms with Crippen LogP contribution in [0.25, 0.3) is 0 Å². The van der Waals surface area contributed by atoms with Crippen molar-refractivity contribution in [3.05, 3.63) is 29.8 Å². The Kier molecular flexibility index (Phi) is 4.66. The Balaban J connectivity index is 2.68. The molecule has 16 heavy (non-hydrogen) atoms. The lowest BCUT2D eigenvalue weighted by Gasteiger charge is -2.05. The van der Waals surface area contributed by atoms with Crippen molar-refractivity contribution in [3.8, 4) is 0 Å². The number of rotatable bonds is 5. The van der Waals surface area contributed by atoms with Crippen LogP contribution in [0.3, 0.4) is 0 Å². The van der Waals surface area contributed by atoms with E-state index in [1.165, 1.54) is 0 Å². The molecule has 1 aromatic rings. The van der Waals surface area contributed by atoms with Crippen molar-refractivity contribution in [1.82, 2.24) is 0 Å². The molecule has 0 saturated carbocycles. The van der Waals surface area contributed by atoms with Gasteiger partial charge >= 0.3 is 0 Å². The number of Topliss-reactive ketones (excluding diaryl/α,β-unsaturated/α-hetero) is 1. The molecule has 4 heteroatoms. The standard InChI is InChI=1S/C12H17N3O/c1-9(2)12(16)10-3-5-11(6-4-10)15-8-14-7-13/h3-6,8-9H,7,13H2,1-2H3,(H,14,15). The van der Waals surface area contributed by atoms with Crippen LogP contribution in [0.15, 0.2) is 29.3 Å². The fourth-order valence-electron chi connectivity index (χ4n) is 1.24. The van der Waals surface area contributed by atoms with Gasteiger partial charge in [-0.25, -0.2) is 0 Å². The van der Waals surface area contributed by atoms with Crippen molar-refractivity contribution in [2.75, 3.05) is 12.0 Å². The van der Waals surface area contributed by atoms with E-state index in [9.17, 15) is 4.79 Å². The third kappa shape index (κ3) is 3.47. The first-order chi connectivity index (χ1) is 7.65. The summed E-state index contributed by atoms with van der Waals surface area (Å²) in [6.45, 7) is 4.04. The third-order valence-electron chi connectivity index (χ3n) is 2.12. The van der Waals surface area contributed by atoms with Gasteiger partial charge in [0.25, 0.3) is 0 Å². The van der Waals surface area contributed by atoms with E-state index in [1.54, 1.807) is 18.5 Å². The first kappa shape index (κ1) is 12.4. The van der Waals surface area contributed by atoms with E-state index in [1.807, 2.05) is 26.0 Å². The van der Waals surface area contributed by atoms with Gasteiger partial charge in [-0.3, -0.25) is 9.79 Å². The Labute approximate surface area is 95.6 Å². The van der Waals surface area contributed by atoms with E-state index in [4.69, 9.17) is 5.73 Å². The van der Waals surface area contributed by atoms with Crippen LogP contribution >= 0.6 is 0 Å². The van der Waals surface area contributed by atoms with Gasteiger partial charge < -0.3 is 11.1 Å². The molecule has 0 atom stereocenters. The number of benzene rings is 1. The van der Waals surface area contributed by atoms with Gasteiger partial charge in [-0.1, -0.05) is 13.8 Å². The highest BCUT2D eigenvalue weighted by molar-refractivity contribution is 5.97. The van der Waals surface area contributed by atoms with Gasteiger partial charge in [-0.15, -0.1) is 0 Å². The maximum Gasteiger partial charge on any atom is 0.165 e. The summed E-state index contributed by atoms with van der Waals surface area (Å²) in [6, 6.07) is 7.30. The molecular formula is C12H17N3O. The fourth-order valence-corrected chi connectivity index (χ4v) is 1.24. The van der Waals surface area contributed by atoms with Crippen molar-refractivity contribution in [3.63, 3.8) is 0 Å². The Morgan fingerprint density at radius 2 is 2.06 bits per heavy atom. The smallest absolute Gasteiger partial charge is 0.165 e. The molecule has 0 aliphatic rings. The number of ketones is 1. The van der Waals surface area contributed by atoms with Crippen molar-refractivity contribution in [1.29, 1.82) is 0 Å². The van der Waals surface area contributed by atoms with Crippen LogP contribution in [0, 0.1) is 5.92 Å². The lowest BCUT2D eigenvalue weighted by Crippen LogP contribution is -2.07. The zero-order valence-electron chi connectivity index (χ0n) is 9.60. The molecule has 0 unspecified atom stereocenters. The van der Waals surface area contributed by atoms with E-state index >= 15 is 0 Å². The summed E-state index contributed by atoms with van der Waals surface area (Å²) in [7, 11) is 0. The van der Waals surface area contributed by atoms with E-state index in [-0.39, 0.29) is 18.4 Å². The molecular weight excluding hydrogens is 202 g/mol. The molecule has 0 aromatic heterocycles. The number of aliphatic imine (C=N–C) groups is 1. The lowest BCUT2D eigenvalue weighted by molar-refractivity contribution is 0.0939. The molecule has 0 aliphatic carbocycles. The molecule has 0 saturated heterocycles. The van der Waals surface area contributed by atoms with Gasteiger partial charge in [0.2, 0.25) is 0 Å². The number of hydrogen-bond donors (Lipinski definition) is 2. The highest BCUT2D eigenvalue weighted by Crippen LogP contribution is 2.12. The average molecular weight is 219 g/mol. The van der Waals surface area contributed by atoms with Crippen LogP contribution in [-0.2, 0) is 0 Å². The number of nitrogens with zero attached hydrogens (tertiary/aromatic N) is 1. The summed E-state index contributed by atoms with van der Waals surface area (Å²) in [5.41, 5.74) is 6.83. The summed E-state index contributed by atoms with van der Waals surface area (Å²) < 4.78 is 0. The molecule has 0 spiro atoms. The number of nitrogens with two attached hydrogens (primary N) is 1. The quantitative estimate of drug-likeness (QED) is 0.451. The Bertz CT molecular complexity index is 368. The van der Waals surface area contributed by atoms with Crippen LogP contribution in [0.2, 0.25) is 0 Å². The molecule has 0 heterocycles. The second kappa shape index (κ2) is 6.02. The number of nitrogens with one attached hydrogen (secondary N) is 1. The number of hydrogen-bond acceptors (Lipinski definition) is 3. The van der Waals surface area contributed by atoms with Crippen LogP contribution < -0.4 is 11.1 Å². The first-order valence-electron chi connectivity index (χ1n) is 5.24. The molecule has 0 radical (unpaired) electrons. The van der Waals surface area contributed by atoms with Crippen molar-refractivity contribution >= 4 is 17.8 Å². The highest BCUT2D eigenvalue weighted by atomic mass is 16.1. The fraction of sp³-hybridized carbons (Fsp3) is 0.333. The van der Waals surface area contributed by atoms with E-state index in [0.717, 1.165) is 11.3 Å². The van der Waals surface area contributed by atoms with Crippen molar-refractivity contribution in [2.45, 2.75) is 13.8 Å². The minimum absolute atomic E-state index is 0.0256. The number of carbonyl (C=O) groups is 1. The Hall–Kier alpha value is -1.68. The molecule has 0 amide bonds. The molecule has 0 bridgehead atoms. The normalized spacial score (nSPS) is 11.0. The zero-order valence-corrected chi connectivity index (χ0v) is 9.60. The minimum Gasteiger partial charge on any atom is -0.347 e. The van der Waals surface area contributed by atoms with Crippen LogP contribution in [0.4, 0.5) is 5.69 Å². The minimum atomic E-state index is 0.0256. The van der Waals surface area contributed by atoms with Gasteiger partial charge in [0.05, 0.1) is 13.0 Å². The Morgan fingerprint density at radius 1 is 1.44 bits per heavy atom. The molecule has 0 aliphatic heterocycles. The molecule has 86 valence electrons. The summed E-state index contributed by atoms with van der Waals surface area (Å²) >= 11 is 0. The van der Waals surface area contributed by atoms with Gasteiger partial charge in [-0.05, 0) is 24.3 Å². The third-order valence-corrected chi connectivity index (χ3v) is 2.12. The molecule has 1 rings (SSSR count). The topological polar surface area (TPSA) is 67.5 Å². The largest absolute Gasteiger partial charge is 0.347 e. The van der Waals surface area contributed by atoms with E-state index in [2.05, 4.69) is 10.3 Å². The van der Waals surface area contributed by atoms with E-state index in [0.29, 0.717) is 0 Å². The van der Waals surface area contributed by atoms with Crippen molar-refractivity contribution < 1.29 is 4.79 Å². The van der Waals surface area contributed by atoms with Crippen LogP contribution in [0.5, 0.6) is 0 Å². The average Bonchev–Trinajstić information content (AvgIpc) is 2.29. The Morgan fingerprint density at radius 3 is 2.56 bits per heavy atom. The van der Waals surface area contributed by atoms with Crippen LogP contribution in [0.1, 0.15) is 24.2 Å². The predicted octanol–water partition coefficient (Wildman–Crippen LogP) is 1.88. The number of anilines is 1. The maximum atomic E-state index is 11.7. The summed E-state index contributed by atoms with van der Waals surface area (Å²) in [6.07, 6.45) is 1.54. The SMILES string of the molecule is CC(C)C(=O)c1ccc(NC=NCN)cc1. The highest BCUT2D eigenvalue weighted by Gasteiger charge is 2.09.